The fourth-order valence-corrected chi connectivity index (χ4v) is 2.69. The van der Waals surface area contributed by atoms with E-state index >= 15 is 0 Å². The normalized spacial score (nSPS) is 27.6. The van der Waals surface area contributed by atoms with E-state index in [-0.39, 0.29) is 12.0 Å². The average Bonchev–Trinajstić information content (AvgIpc) is 2.33. The van der Waals surface area contributed by atoms with Crippen molar-refractivity contribution in [2.24, 2.45) is 11.8 Å². The van der Waals surface area contributed by atoms with Crippen LogP contribution in [0.1, 0.15) is 58.7 Å². The largest absolute Gasteiger partial charge is 0.474 e. The molecule has 4 heteroatoms. The van der Waals surface area contributed by atoms with Gasteiger partial charge in [-0.05, 0) is 31.1 Å². The van der Waals surface area contributed by atoms with Crippen LogP contribution in [0, 0.1) is 11.8 Å². The Labute approximate surface area is 120 Å². The number of rotatable bonds is 3. The van der Waals surface area contributed by atoms with Crippen LogP contribution in [0.2, 0.25) is 5.15 Å². The first-order chi connectivity index (χ1) is 8.95. The van der Waals surface area contributed by atoms with Gasteiger partial charge in [-0.1, -0.05) is 39.3 Å². The molecular formula is C15H23ClN2O. The van der Waals surface area contributed by atoms with E-state index in [0.29, 0.717) is 17.0 Å². The molecule has 0 N–H and O–H groups in total. The van der Waals surface area contributed by atoms with E-state index in [1.165, 1.54) is 6.42 Å². The molecule has 0 aliphatic heterocycles. The third-order valence-electron chi connectivity index (χ3n) is 4.04. The Balaban J connectivity index is 2.07. The van der Waals surface area contributed by atoms with E-state index in [9.17, 15) is 0 Å². The summed E-state index contributed by atoms with van der Waals surface area (Å²) >= 11 is 6.03. The van der Waals surface area contributed by atoms with E-state index < -0.39 is 0 Å². The lowest BCUT2D eigenvalue weighted by Gasteiger charge is -2.32. The number of ether oxygens (including phenoxy) is 1. The minimum absolute atomic E-state index is 0.256. The molecule has 1 heterocycles. The highest BCUT2D eigenvalue weighted by Crippen LogP contribution is 2.32. The van der Waals surface area contributed by atoms with E-state index in [4.69, 9.17) is 16.3 Å². The van der Waals surface area contributed by atoms with Gasteiger partial charge in [-0.3, -0.25) is 0 Å². The zero-order chi connectivity index (χ0) is 14.0. The summed E-state index contributed by atoms with van der Waals surface area (Å²) in [5, 5.41) is 0.464. The molecule has 0 aromatic carbocycles. The van der Waals surface area contributed by atoms with Crippen LogP contribution in [-0.4, -0.2) is 16.1 Å². The summed E-state index contributed by atoms with van der Waals surface area (Å²) in [4.78, 5) is 8.68. The minimum Gasteiger partial charge on any atom is -0.474 e. The number of aromatic nitrogens is 2. The van der Waals surface area contributed by atoms with Crippen LogP contribution in [0.25, 0.3) is 0 Å². The van der Waals surface area contributed by atoms with Crippen molar-refractivity contribution in [2.75, 3.05) is 0 Å². The van der Waals surface area contributed by atoms with E-state index in [1.54, 1.807) is 6.07 Å². The third kappa shape index (κ3) is 3.82. The molecule has 0 saturated heterocycles. The Hall–Kier alpha value is -0.830. The van der Waals surface area contributed by atoms with Crippen molar-refractivity contribution in [2.45, 2.75) is 59.0 Å². The molecule has 2 rings (SSSR count). The summed E-state index contributed by atoms with van der Waals surface area (Å²) < 4.78 is 6.01. The van der Waals surface area contributed by atoms with Gasteiger partial charge in [0.25, 0.3) is 0 Å². The van der Waals surface area contributed by atoms with Crippen molar-refractivity contribution in [3.8, 4) is 5.88 Å². The van der Waals surface area contributed by atoms with Gasteiger partial charge in [-0.2, -0.15) is 4.98 Å². The molecule has 0 bridgehead atoms. The Kier molecular flexibility index (Phi) is 4.67. The molecule has 0 radical (unpaired) electrons. The molecule has 3 unspecified atom stereocenters. The van der Waals surface area contributed by atoms with E-state index in [2.05, 4.69) is 37.7 Å². The predicted molar refractivity (Wildman–Crippen MR) is 77.7 cm³/mol. The van der Waals surface area contributed by atoms with Gasteiger partial charge in [-0.15, -0.1) is 0 Å². The van der Waals surface area contributed by atoms with Gasteiger partial charge in [0.2, 0.25) is 5.88 Å². The monoisotopic (exact) mass is 282 g/mol. The first-order valence-electron chi connectivity index (χ1n) is 7.16. The Bertz CT molecular complexity index is 436. The van der Waals surface area contributed by atoms with Crippen LogP contribution in [0.4, 0.5) is 0 Å². The predicted octanol–water partition coefficient (Wildman–Crippen LogP) is 4.46. The molecule has 1 aliphatic rings. The highest BCUT2D eigenvalue weighted by molar-refractivity contribution is 6.29. The number of halogens is 1. The van der Waals surface area contributed by atoms with Crippen molar-refractivity contribution in [1.29, 1.82) is 0 Å². The van der Waals surface area contributed by atoms with Gasteiger partial charge in [0.05, 0.1) is 0 Å². The number of hydrogen-bond acceptors (Lipinski definition) is 3. The zero-order valence-corrected chi connectivity index (χ0v) is 12.9. The highest BCUT2D eigenvalue weighted by Gasteiger charge is 2.26. The van der Waals surface area contributed by atoms with E-state index in [0.717, 1.165) is 24.6 Å². The topological polar surface area (TPSA) is 35.0 Å². The average molecular weight is 283 g/mol. The van der Waals surface area contributed by atoms with Gasteiger partial charge in [0, 0.05) is 12.0 Å². The summed E-state index contributed by atoms with van der Waals surface area (Å²) in [5.74, 6) is 3.13. The lowest BCUT2D eigenvalue weighted by atomic mass is 9.80. The quantitative estimate of drug-likeness (QED) is 0.768. The van der Waals surface area contributed by atoms with Gasteiger partial charge in [0.1, 0.15) is 17.1 Å². The Morgan fingerprint density at radius 3 is 2.58 bits per heavy atom. The van der Waals surface area contributed by atoms with Crippen molar-refractivity contribution in [3.05, 3.63) is 17.0 Å². The summed E-state index contributed by atoms with van der Waals surface area (Å²) in [5.41, 5.74) is 0. The van der Waals surface area contributed by atoms with Crippen LogP contribution in [-0.2, 0) is 0 Å². The maximum Gasteiger partial charge on any atom is 0.218 e. The smallest absolute Gasteiger partial charge is 0.218 e. The molecule has 0 spiro atoms. The lowest BCUT2D eigenvalue weighted by Crippen LogP contribution is -2.29. The molecular weight excluding hydrogens is 260 g/mol. The number of nitrogens with zero attached hydrogens (tertiary/aromatic N) is 2. The first-order valence-corrected chi connectivity index (χ1v) is 7.54. The molecule has 1 aliphatic carbocycles. The summed E-state index contributed by atoms with van der Waals surface area (Å²) in [6.45, 7) is 8.73. The zero-order valence-electron chi connectivity index (χ0n) is 12.2. The molecule has 3 nitrogen and oxygen atoms in total. The first kappa shape index (κ1) is 14.6. The summed E-state index contributed by atoms with van der Waals surface area (Å²) in [6.07, 6.45) is 3.68. The molecule has 1 aromatic rings. The maximum absolute atomic E-state index is 6.03. The fraction of sp³-hybridized carbons (Fsp3) is 0.733. The Morgan fingerprint density at radius 1 is 1.21 bits per heavy atom. The molecule has 106 valence electrons. The second-order valence-electron chi connectivity index (χ2n) is 6.05. The van der Waals surface area contributed by atoms with Crippen molar-refractivity contribution in [1.82, 2.24) is 9.97 Å². The molecule has 0 amide bonds. The molecule has 1 fully saturated rings. The second kappa shape index (κ2) is 6.08. The second-order valence-corrected chi connectivity index (χ2v) is 6.44. The maximum atomic E-state index is 6.03. The van der Waals surface area contributed by atoms with Crippen molar-refractivity contribution < 1.29 is 4.74 Å². The lowest BCUT2D eigenvalue weighted by molar-refractivity contribution is 0.0960. The van der Waals surface area contributed by atoms with Gasteiger partial charge >= 0.3 is 0 Å². The summed E-state index contributed by atoms with van der Waals surface area (Å²) in [6, 6.07) is 1.72. The summed E-state index contributed by atoms with van der Waals surface area (Å²) in [7, 11) is 0. The van der Waals surface area contributed by atoms with Crippen molar-refractivity contribution >= 4 is 11.6 Å². The SMILES string of the molecule is CC(C)c1nc(Cl)cc(OC2CCC(C)C(C)C2)n1. The molecule has 1 saturated carbocycles. The fourth-order valence-electron chi connectivity index (χ4n) is 2.51. The molecule has 1 aromatic heterocycles. The molecule has 3 atom stereocenters. The minimum atomic E-state index is 0.256. The van der Waals surface area contributed by atoms with Gasteiger partial charge < -0.3 is 4.74 Å². The Morgan fingerprint density at radius 2 is 1.95 bits per heavy atom. The van der Waals surface area contributed by atoms with Gasteiger partial charge in [0.15, 0.2) is 0 Å². The van der Waals surface area contributed by atoms with Crippen molar-refractivity contribution in [3.63, 3.8) is 0 Å². The van der Waals surface area contributed by atoms with Crippen LogP contribution >= 0.6 is 11.6 Å². The van der Waals surface area contributed by atoms with E-state index in [1.807, 2.05) is 0 Å². The van der Waals surface area contributed by atoms with Crippen LogP contribution in [0.5, 0.6) is 5.88 Å². The standard InChI is InChI=1S/C15H23ClN2O/c1-9(2)15-17-13(16)8-14(18-15)19-12-6-5-10(3)11(4)7-12/h8-12H,5-7H2,1-4H3. The van der Waals surface area contributed by atoms with Crippen LogP contribution < -0.4 is 4.74 Å². The molecule has 19 heavy (non-hydrogen) atoms. The number of hydrogen-bond donors (Lipinski definition) is 0. The third-order valence-corrected chi connectivity index (χ3v) is 4.24. The van der Waals surface area contributed by atoms with Gasteiger partial charge in [-0.25, -0.2) is 4.98 Å². The highest BCUT2D eigenvalue weighted by atomic mass is 35.5. The van der Waals surface area contributed by atoms with Crippen LogP contribution in [0.15, 0.2) is 6.07 Å². The van der Waals surface area contributed by atoms with Crippen LogP contribution in [0.3, 0.4) is 0 Å².